The van der Waals surface area contributed by atoms with Gasteiger partial charge in [-0.3, -0.25) is 0 Å². The molecule has 1 aromatic rings. The third-order valence-electron chi connectivity index (χ3n) is 3.26. The van der Waals surface area contributed by atoms with Gasteiger partial charge in [0.25, 0.3) is 0 Å². The fourth-order valence-corrected chi connectivity index (χ4v) is 2.01. The Hall–Kier alpha value is -1.14. The molecular weight excluding hydrogens is 270 g/mol. The van der Waals surface area contributed by atoms with Gasteiger partial charge in [-0.25, -0.2) is 0 Å². The fraction of sp³-hybridized carbons (Fsp3) is 0.625. The van der Waals surface area contributed by atoms with Crippen LogP contribution in [0.15, 0.2) is 18.2 Å². The number of aliphatic hydroxyl groups is 2. The van der Waals surface area contributed by atoms with Gasteiger partial charge in [-0.05, 0) is 37.5 Å². The Morgan fingerprint density at radius 2 is 2.00 bits per heavy atom. The van der Waals surface area contributed by atoms with Gasteiger partial charge in [0, 0.05) is 26.3 Å². The Kier molecular flexibility index (Phi) is 8.30. The number of aliphatic hydroxyl groups excluding tert-OH is 2. The number of hydrogen-bond acceptors (Lipinski definition) is 5. The third kappa shape index (κ3) is 6.91. The van der Waals surface area contributed by atoms with Gasteiger partial charge >= 0.3 is 0 Å². The van der Waals surface area contributed by atoms with Crippen molar-refractivity contribution in [1.29, 1.82) is 0 Å². The Bertz CT molecular complexity index is 405. The van der Waals surface area contributed by atoms with Crippen LogP contribution in [0.5, 0.6) is 5.75 Å². The average molecular weight is 297 g/mol. The predicted octanol–water partition coefficient (Wildman–Crippen LogP) is 1.03. The van der Waals surface area contributed by atoms with E-state index in [1.165, 1.54) is 0 Å². The van der Waals surface area contributed by atoms with Crippen LogP contribution in [0.25, 0.3) is 0 Å². The molecule has 120 valence electrons. The van der Waals surface area contributed by atoms with Gasteiger partial charge in [0.05, 0.1) is 6.61 Å². The molecule has 0 amide bonds. The molecule has 0 heterocycles. The summed E-state index contributed by atoms with van der Waals surface area (Å²) < 4.78 is 10.7. The summed E-state index contributed by atoms with van der Waals surface area (Å²) >= 11 is 0. The van der Waals surface area contributed by atoms with Crippen LogP contribution < -0.4 is 10.1 Å². The van der Waals surface area contributed by atoms with E-state index in [4.69, 9.17) is 14.6 Å². The molecule has 0 aliphatic heterocycles. The number of methoxy groups -OCH3 is 1. The minimum atomic E-state index is -0.608. The predicted molar refractivity (Wildman–Crippen MR) is 82.8 cm³/mol. The molecule has 0 aromatic heterocycles. The Morgan fingerprint density at radius 3 is 2.67 bits per heavy atom. The van der Waals surface area contributed by atoms with Gasteiger partial charge in [-0.2, -0.15) is 0 Å². The summed E-state index contributed by atoms with van der Waals surface area (Å²) in [7, 11) is 1.62. The molecule has 0 spiro atoms. The number of aryl methyl sites for hydroxylation is 2. The first-order valence-corrected chi connectivity index (χ1v) is 7.28. The molecule has 2 unspecified atom stereocenters. The second-order valence-corrected chi connectivity index (χ2v) is 5.31. The topological polar surface area (TPSA) is 71.0 Å². The second kappa shape index (κ2) is 9.73. The lowest BCUT2D eigenvalue weighted by atomic mass is 10.1. The van der Waals surface area contributed by atoms with E-state index < -0.39 is 6.10 Å². The number of ether oxygens (including phenoxy) is 2. The van der Waals surface area contributed by atoms with Gasteiger partial charge in [-0.1, -0.05) is 12.1 Å². The Balaban J connectivity index is 2.36. The molecule has 0 fully saturated rings. The fourth-order valence-electron chi connectivity index (χ4n) is 2.01. The molecular formula is C16H27NO4. The van der Waals surface area contributed by atoms with Crippen LogP contribution in [0.1, 0.15) is 17.5 Å². The first kappa shape index (κ1) is 17.9. The molecule has 0 aliphatic rings. The molecule has 1 aromatic carbocycles. The van der Waals surface area contributed by atoms with Gasteiger partial charge in [0.15, 0.2) is 0 Å². The molecule has 0 bridgehead atoms. The van der Waals surface area contributed by atoms with Crippen molar-refractivity contribution in [1.82, 2.24) is 5.32 Å². The van der Waals surface area contributed by atoms with Crippen molar-refractivity contribution in [3.63, 3.8) is 0 Å². The third-order valence-corrected chi connectivity index (χ3v) is 3.26. The van der Waals surface area contributed by atoms with Crippen LogP contribution in [-0.4, -0.2) is 55.8 Å². The molecule has 0 saturated carbocycles. The van der Waals surface area contributed by atoms with Crippen molar-refractivity contribution in [3.8, 4) is 5.75 Å². The maximum absolute atomic E-state index is 9.97. The van der Waals surface area contributed by atoms with Crippen LogP contribution in [0, 0.1) is 13.8 Å². The summed E-state index contributed by atoms with van der Waals surface area (Å²) in [6, 6.07) is 6.04. The Morgan fingerprint density at radius 1 is 1.24 bits per heavy atom. The van der Waals surface area contributed by atoms with Gasteiger partial charge in [-0.15, -0.1) is 0 Å². The number of benzene rings is 1. The van der Waals surface area contributed by atoms with Crippen molar-refractivity contribution in [2.75, 3.05) is 33.5 Å². The first-order chi connectivity index (χ1) is 10.1. The molecule has 0 radical (unpaired) electrons. The zero-order valence-electron chi connectivity index (χ0n) is 13.1. The highest BCUT2D eigenvalue weighted by atomic mass is 16.5. The van der Waals surface area contributed by atoms with E-state index in [1.807, 2.05) is 32.0 Å². The van der Waals surface area contributed by atoms with Crippen molar-refractivity contribution in [2.24, 2.45) is 0 Å². The smallest absolute Gasteiger partial charge is 0.122 e. The van der Waals surface area contributed by atoms with E-state index in [9.17, 15) is 5.11 Å². The van der Waals surface area contributed by atoms with Crippen LogP contribution >= 0.6 is 0 Å². The van der Waals surface area contributed by atoms with Gasteiger partial charge in [0.2, 0.25) is 0 Å². The standard InChI is InChI=1S/C16H27NO4/c1-12-4-5-13(2)16(8-12)21-11-15(19)9-17-14(6-7-18)10-20-3/h4-5,8,14-15,17-19H,6-7,9-11H2,1-3H3. The van der Waals surface area contributed by atoms with Crippen molar-refractivity contribution in [3.05, 3.63) is 29.3 Å². The van der Waals surface area contributed by atoms with Gasteiger partial charge < -0.3 is 25.0 Å². The molecule has 5 heteroatoms. The summed E-state index contributed by atoms with van der Waals surface area (Å²) in [5.41, 5.74) is 2.18. The van der Waals surface area contributed by atoms with Crippen LogP contribution in [-0.2, 0) is 4.74 Å². The van der Waals surface area contributed by atoms with E-state index in [0.717, 1.165) is 16.9 Å². The molecule has 3 N–H and O–H groups in total. The van der Waals surface area contributed by atoms with Crippen molar-refractivity contribution in [2.45, 2.75) is 32.4 Å². The number of rotatable bonds is 10. The molecule has 21 heavy (non-hydrogen) atoms. The molecule has 2 atom stereocenters. The minimum Gasteiger partial charge on any atom is -0.491 e. The molecule has 1 rings (SSSR count). The molecule has 5 nitrogen and oxygen atoms in total. The SMILES string of the molecule is COCC(CCO)NCC(O)COc1cc(C)ccc1C. The second-order valence-electron chi connectivity index (χ2n) is 5.31. The zero-order valence-corrected chi connectivity index (χ0v) is 13.1. The van der Waals surface area contributed by atoms with Crippen LogP contribution in [0.4, 0.5) is 0 Å². The lowest BCUT2D eigenvalue weighted by Crippen LogP contribution is -2.40. The normalized spacial score (nSPS) is 14.0. The summed E-state index contributed by atoms with van der Waals surface area (Å²) in [6.45, 7) is 5.22. The quantitative estimate of drug-likeness (QED) is 0.602. The van der Waals surface area contributed by atoms with Crippen molar-refractivity contribution >= 4 is 0 Å². The first-order valence-electron chi connectivity index (χ1n) is 7.28. The molecule has 0 aliphatic carbocycles. The molecule has 0 saturated heterocycles. The highest BCUT2D eigenvalue weighted by Crippen LogP contribution is 2.19. The summed E-state index contributed by atoms with van der Waals surface area (Å²) in [5, 5.41) is 22.1. The van der Waals surface area contributed by atoms with E-state index >= 15 is 0 Å². The van der Waals surface area contributed by atoms with Crippen LogP contribution in [0.2, 0.25) is 0 Å². The van der Waals surface area contributed by atoms with E-state index in [2.05, 4.69) is 5.32 Å². The maximum atomic E-state index is 9.97. The van der Waals surface area contributed by atoms with Gasteiger partial charge in [0.1, 0.15) is 18.5 Å². The van der Waals surface area contributed by atoms with E-state index in [0.29, 0.717) is 19.6 Å². The monoisotopic (exact) mass is 297 g/mol. The Labute approximate surface area is 126 Å². The van der Waals surface area contributed by atoms with E-state index in [-0.39, 0.29) is 19.3 Å². The number of nitrogens with one attached hydrogen (secondary N) is 1. The van der Waals surface area contributed by atoms with E-state index in [1.54, 1.807) is 7.11 Å². The average Bonchev–Trinajstić information content (AvgIpc) is 2.46. The highest BCUT2D eigenvalue weighted by molar-refractivity contribution is 5.35. The maximum Gasteiger partial charge on any atom is 0.122 e. The zero-order chi connectivity index (χ0) is 15.7. The lowest BCUT2D eigenvalue weighted by Gasteiger charge is -2.20. The minimum absolute atomic E-state index is 0.0374. The summed E-state index contributed by atoms with van der Waals surface area (Å²) in [5.74, 6) is 0.804. The van der Waals surface area contributed by atoms with Crippen LogP contribution in [0.3, 0.4) is 0 Å². The van der Waals surface area contributed by atoms with Crippen molar-refractivity contribution < 1.29 is 19.7 Å². The summed E-state index contributed by atoms with van der Waals surface area (Å²) in [4.78, 5) is 0. The number of hydrogen-bond donors (Lipinski definition) is 3. The summed E-state index contributed by atoms with van der Waals surface area (Å²) in [6.07, 6.45) is -0.0127. The largest absolute Gasteiger partial charge is 0.491 e. The lowest BCUT2D eigenvalue weighted by molar-refractivity contribution is 0.0916. The highest BCUT2D eigenvalue weighted by Gasteiger charge is 2.11.